The third kappa shape index (κ3) is 4.34. The highest BCUT2D eigenvalue weighted by Gasteiger charge is 2.48. The number of H-pyrrole nitrogens is 1. The van der Waals surface area contributed by atoms with Crippen LogP contribution in [0, 0.1) is 11.8 Å². The minimum Gasteiger partial charge on any atom is -0.496 e. The number of nitrogens with zero attached hydrogens (tertiary/aromatic N) is 1. The molecule has 4 fully saturated rings. The summed E-state index contributed by atoms with van der Waals surface area (Å²) < 4.78 is 5.42. The van der Waals surface area contributed by atoms with Crippen LogP contribution in [-0.2, 0) is 14.4 Å². The normalized spacial score (nSPS) is 26.1. The molecule has 0 spiro atoms. The van der Waals surface area contributed by atoms with Crippen LogP contribution >= 0.6 is 0 Å². The van der Waals surface area contributed by atoms with Crippen LogP contribution in [0.2, 0.25) is 0 Å². The molecule has 3 aliphatic heterocycles. The first-order valence-electron chi connectivity index (χ1n) is 12.6. The average Bonchev–Trinajstić information content (AvgIpc) is 3.53. The van der Waals surface area contributed by atoms with E-state index < -0.39 is 36.3 Å². The Labute approximate surface area is 208 Å². The summed E-state index contributed by atoms with van der Waals surface area (Å²) in [5.74, 6) is -1.12. The highest BCUT2D eigenvalue weighted by molar-refractivity contribution is 6.02. The Hall–Kier alpha value is -3.40. The maximum atomic E-state index is 13.8. The first kappa shape index (κ1) is 24.3. The van der Waals surface area contributed by atoms with E-state index in [0.717, 1.165) is 36.6 Å². The van der Waals surface area contributed by atoms with Crippen molar-refractivity contribution in [1.29, 1.82) is 0 Å². The molecule has 192 valence electrons. The van der Waals surface area contributed by atoms with Crippen molar-refractivity contribution in [2.75, 3.05) is 20.3 Å². The number of piperidine rings is 2. The Morgan fingerprint density at radius 2 is 1.97 bits per heavy atom. The van der Waals surface area contributed by atoms with Crippen LogP contribution in [0.25, 0.3) is 10.9 Å². The molecule has 1 aliphatic carbocycles. The number of rotatable bonds is 8. The molecule has 4 aliphatic rings. The van der Waals surface area contributed by atoms with Crippen LogP contribution in [-0.4, -0.2) is 76.9 Å². The van der Waals surface area contributed by atoms with Crippen molar-refractivity contribution < 1.29 is 29.0 Å². The second-order valence-electron chi connectivity index (χ2n) is 10.0. The molecule has 3 amide bonds. The lowest BCUT2D eigenvalue weighted by atomic mass is 9.74. The molecule has 1 saturated carbocycles. The zero-order valence-corrected chi connectivity index (χ0v) is 20.3. The van der Waals surface area contributed by atoms with Gasteiger partial charge in [0, 0.05) is 29.4 Å². The van der Waals surface area contributed by atoms with Gasteiger partial charge in [-0.05, 0) is 62.6 Å². The fourth-order valence-electron chi connectivity index (χ4n) is 6.13. The summed E-state index contributed by atoms with van der Waals surface area (Å²) in [6.45, 7) is -0.197. The van der Waals surface area contributed by atoms with Gasteiger partial charge in [0.1, 0.15) is 24.1 Å². The summed E-state index contributed by atoms with van der Waals surface area (Å²) in [5, 5.41) is 15.8. The molecule has 0 unspecified atom stereocenters. The van der Waals surface area contributed by atoms with Crippen molar-refractivity contribution in [3.63, 3.8) is 0 Å². The molecule has 0 radical (unpaired) electrons. The fraction of sp³-hybridized carbons (Fsp3) is 0.538. The number of ketones is 1. The van der Waals surface area contributed by atoms with Gasteiger partial charge in [-0.2, -0.15) is 0 Å². The zero-order valence-electron chi connectivity index (χ0n) is 20.3. The number of benzene rings is 1. The van der Waals surface area contributed by atoms with Gasteiger partial charge in [0.05, 0.1) is 13.2 Å². The van der Waals surface area contributed by atoms with E-state index in [4.69, 9.17) is 4.74 Å². The lowest BCUT2D eigenvalue weighted by Crippen LogP contribution is -2.64. The molecule has 2 aromatic rings. The molecule has 3 atom stereocenters. The van der Waals surface area contributed by atoms with Crippen LogP contribution in [0.4, 0.5) is 0 Å². The topological polar surface area (TPSA) is 141 Å². The number of aliphatic hydroxyl groups is 1. The van der Waals surface area contributed by atoms with Gasteiger partial charge >= 0.3 is 0 Å². The van der Waals surface area contributed by atoms with Gasteiger partial charge < -0.3 is 30.4 Å². The number of ether oxygens (including phenoxy) is 1. The monoisotopic (exact) mass is 496 g/mol. The number of amides is 3. The van der Waals surface area contributed by atoms with Crippen molar-refractivity contribution in [2.45, 2.75) is 56.7 Å². The fourth-order valence-corrected chi connectivity index (χ4v) is 6.13. The van der Waals surface area contributed by atoms with Gasteiger partial charge in [0.15, 0.2) is 5.78 Å². The number of fused-ring (bicyclic) bond motifs is 4. The zero-order chi connectivity index (χ0) is 25.4. The SMILES string of the molecule is COc1cccc2[nH]c(C(=O)N3C4CCC(CC4)[C@H]3C(=O)N[C@@H](C[C@H]3CCNC3=O)C(=O)CO)cc12. The van der Waals surface area contributed by atoms with Gasteiger partial charge in [0.25, 0.3) is 5.91 Å². The highest BCUT2D eigenvalue weighted by atomic mass is 16.5. The van der Waals surface area contributed by atoms with Crippen LogP contribution in [0.15, 0.2) is 24.3 Å². The Balaban J connectivity index is 1.40. The van der Waals surface area contributed by atoms with E-state index >= 15 is 0 Å². The first-order chi connectivity index (χ1) is 17.4. The van der Waals surface area contributed by atoms with Gasteiger partial charge in [-0.1, -0.05) is 6.07 Å². The van der Waals surface area contributed by atoms with E-state index in [0.29, 0.717) is 24.4 Å². The number of carbonyl (C=O) groups is 4. The molecular formula is C26H32N4O6. The van der Waals surface area contributed by atoms with Crippen LogP contribution in [0.1, 0.15) is 49.0 Å². The largest absolute Gasteiger partial charge is 0.496 e. The third-order valence-corrected chi connectivity index (χ3v) is 8.00. The smallest absolute Gasteiger partial charge is 0.271 e. The second-order valence-corrected chi connectivity index (χ2v) is 10.0. The van der Waals surface area contributed by atoms with Gasteiger partial charge in [-0.25, -0.2) is 0 Å². The molecule has 10 heteroatoms. The maximum Gasteiger partial charge on any atom is 0.271 e. The average molecular weight is 497 g/mol. The number of aliphatic hydroxyl groups excluding tert-OH is 1. The van der Waals surface area contributed by atoms with E-state index in [-0.39, 0.29) is 30.2 Å². The molecule has 1 aromatic heterocycles. The van der Waals surface area contributed by atoms with Gasteiger partial charge in [-0.3, -0.25) is 19.2 Å². The number of carbonyl (C=O) groups excluding carboxylic acids is 4. The van der Waals surface area contributed by atoms with E-state index in [1.54, 1.807) is 18.1 Å². The standard InChI is InChI=1S/C26H32N4O6/c1-36-22-4-2-3-18-17(22)12-20(28-18)26(35)30-16-7-5-14(6-8-16)23(30)25(34)29-19(21(32)13-31)11-15-9-10-27-24(15)33/h2-4,12,14-16,19,23,28,31H,5-11,13H2,1H3,(H,27,33)(H,29,34)/t14?,15-,16?,19+,23+/m1/s1. The lowest BCUT2D eigenvalue weighted by Gasteiger charge is -2.50. The van der Waals surface area contributed by atoms with Crippen molar-refractivity contribution in [1.82, 2.24) is 20.5 Å². The van der Waals surface area contributed by atoms with Crippen molar-refractivity contribution in [3.8, 4) is 5.75 Å². The van der Waals surface area contributed by atoms with Crippen molar-refractivity contribution in [2.24, 2.45) is 11.8 Å². The second kappa shape index (κ2) is 9.93. The highest BCUT2D eigenvalue weighted by Crippen LogP contribution is 2.41. The Kier molecular flexibility index (Phi) is 6.70. The quantitative estimate of drug-likeness (QED) is 0.432. The Bertz CT molecular complexity index is 1180. The number of methoxy groups -OCH3 is 1. The Morgan fingerprint density at radius 1 is 1.19 bits per heavy atom. The summed E-state index contributed by atoms with van der Waals surface area (Å²) in [4.78, 5) is 56.8. The summed E-state index contributed by atoms with van der Waals surface area (Å²) in [6.07, 6.45) is 4.02. The summed E-state index contributed by atoms with van der Waals surface area (Å²) >= 11 is 0. The molecule has 4 heterocycles. The lowest BCUT2D eigenvalue weighted by molar-refractivity contribution is -0.137. The number of aromatic amines is 1. The molecule has 6 rings (SSSR count). The third-order valence-electron chi connectivity index (χ3n) is 8.00. The molecule has 36 heavy (non-hydrogen) atoms. The predicted molar refractivity (Wildman–Crippen MR) is 130 cm³/mol. The maximum absolute atomic E-state index is 13.8. The summed E-state index contributed by atoms with van der Waals surface area (Å²) in [5.41, 5.74) is 1.15. The molecule has 1 aromatic carbocycles. The number of hydrogen-bond acceptors (Lipinski definition) is 6. The minimum atomic E-state index is -0.980. The molecule has 4 N–H and O–H groups in total. The van der Waals surface area contributed by atoms with Crippen LogP contribution in [0.5, 0.6) is 5.75 Å². The summed E-state index contributed by atoms with van der Waals surface area (Å²) in [6, 6.07) is 5.52. The van der Waals surface area contributed by atoms with E-state index in [9.17, 15) is 24.3 Å². The minimum absolute atomic E-state index is 0.0162. The molecule has 2 bridgehead atoms. The predicted octanol–water partition coefficient (Wildman–Crippen LogP) is 1.13. The first-order valence-corrected chi connectivity index (χ1v) is 12.6. The van der Waals surface area contributed by atoms with Crippen LogP contribution < -0.4 is 15.4 Å². The molecule has 3 saturated heterocycles. The Morgan fingerprint density at radius 3 is 2.64 bits per heavy atom. The number of aromatic nitrogens is 1. The number of Topliss-reactive ketones (excluding diaryl/α,β-unsaturated/α-hetero) is 1. The van der Waals surface area contributed by atoms with Gasteiger partial charge in [-0.15, -0.1) is 0 Å². The number of hydrogen-bond donors (Lipinski definition) is 4. The van der Waals surface area contributed by atoms with E-state index in [1.807, 2.05) is 18.2 Å². The number of nitrogens with one attached hydrogen (secondary N) is 3. The van der Waals surface area contributed by atoms with Crippen LogP contribution in [0.3, 0.4) is 0 Å². The summed E-state index contributed by atoms with van der Waals surface area (Å²) in [7, 11) is 1.58. The van der Waals surface area contributed by atoms with E-state index in [1.165, 1.54) is 0 Å². The van der Waals surface area contributed by atoms with Gasteiger partial charge in [0.2, 0.25) is 11.8 Å². The van der Waals surface area contributed by atoms with Crippen molar-refractivity contribution >= 4 is 34.4 Å². The van der Waals surface area contributed by atoms with E-state index in [2.05, 4.69) is 15.6 Å². The molecular weight excluding hydrogens is 464 g/mol. The molecule has 10 nitrogen and oxygen atoms in total. The van der Waals surface area contributed by atoms with Crippen molar-refractivity contribution in [3.05, 3.63) is 30.0 Å².